The molecule has 2 aliphatic heterocycles. The highest BCUT2D eigenvalue weighted by molar-refractivity contribution is 5.28. The number of hydrogen-bond acceptors (Lipinski definition) is 11. The number of rotatable bonds is 2. The summed E-state index contributed by atoms with van der Waals surface area (Å²) in [7, 11) is 0. The SMILES string of the molecule is OC1=C(O)C(O)=C(O)C(OC2=C(O)C(O)=C(O)C(O)O2)O1. The lowest BCUT2D eigenvalue weighted by Crippen LogP contribution is -2.30. The van der Waals surface area contributed by atoms with Crippen LogP contribution in [-0.4, -0.2) is 53.4 Å². The minimum Gasteiger partial charge on any atom is -0.503 e. The Kier molecular flexibility index (Phi) is 3.27. The molecule has 0 amide bonds. The van der Waals surface area contributed by atoms with Crippen LogP contribution in [0.3, 0.4) is 0 Å². The molecule has 8 N–H and O–H groups in total. The molecule has 0 radical (unpaired) electrons. The second-order valence-corrected chi connectivity index (χ2v) is 3.80. The van der Waals surface area contributed by atoms with Crippen molar-refractivity contribution >= 4 is 0 Å². The Labute approximate surface area is 115 Å². The summed E-state index contributed by atoms with van der Waals surface area (Å²) in [6.07, 6.45) is -4.05. The first-order valence-electron chi connectivity index (χ1n) is 5.22. The summed E-state index contributed by atoms with van der Waals surface area (Å²) in [5.74, 6) is -9.00. The third-order valence-electron chi connectivity index (χ3n) is 2.44. The van der Waals surface area contributed by atoms with E-state index in [-0.39, 0.29) is 0 Å². The zero-order valence-corrected chi connectivity index (χ0v) is 9.96. The highest BCUT2D eigenvalue weighted by Gasteiger charge is 2.38. The molecular formula is C10H10O11. The van der Waals surface area contributed by atoms with Crippen molar-refractivity contribution < 1.29 is 55.1 Å². The summed E-state index contributed by atoms with van der Waals surface area (Å²) in [6.45, 7) is 0. The van der Waals surface area contributed by atoms with Gasteiger partial charge in [0.2, 0.25) is 34.6 Å². The van der Waals surface area contributed by atoms with Crippen LogP contribution in [0.25, 0.3) is 0 Å². The van der Waals surface area contributed by atoms with E-state index in [9.17, 15) is 25.5 Å². The maximum Gasteiger partial charge on any atom is 0.333 e. The average molecular weight is 306 g/mol. The normalized spacial score (nSPS) is 26.7. The third-order valence-corrected chi connectivity index (χ3v) is 2.44. The van der Waals surface area contributed by atoms with Crippen LogP contribution in [-0.2, 0) is 14.2 Å². The summed E-state index contributed by atoms with van der Waals surface area (Å²) >= 11 is 0. The second-order valence-electron chi connectivity index (χ2n) is 3.80. The maximum absolute atomic E-state index is 9.45. The van der Waals surface area contributed by atoms with Gasteiger partial charge in [-0.05, 0) is 0 Å². The van der Waals surface area contributed by atoms with Crippen LogP contribution in [0.4, 0.5) is 0 Å². The van der Waals surface area contributed by atoms with Crippen molar-refractivity contribution in [3.8, 4) is 0 Å². The molecule has 0 aliphatic carbocycles. The number of aliphatic hydroxyl groups is 8. The van der Waals surface area contributed by atoms with E-state index in [1.807, 2.05) is 0 Å². The number of hydrogen-bond donors (Lipinski definition) is 8. The van der Waals surface area contributed by atoms with Crippen molar-refractivity contribution in [1.82, 2.24) is 0 Å². The molecule has 0 fully saturated rings. The minimum atomic E-state index is -2.07. The zero-order valence-electron chi connectivity index (χ0n) is 9.96. The van der Waals surface area contributed by atoms with E-state index in [2.05, 4.69) is 14.2 Å². The molecule has 0 bridgehead atoms. The molecule has 2 rings (SSSR count). The molecule has 0 saturated heterocycles. The van der Waals surface area contributed by atoms with Gasteiger partial charge < -0.3 is 55.1 Å². The Bertz CT molecular complexity index is 596. The smallest absolute Gasteiger partial charge is 0.333 e. The molecule has 11 heteroatoms. The van der Waals surface area contributed by atoms with E-state index in [0.29, 0.717) is 0 Å². The van der Waals surface area contributed by atoms with Gasteiger partial charge in [-0.15, -0.1) is 0 Å². The predicted octanol–water partition coefficient (Wildman–Crippen LogP) is 0.375. The summed E-state index contributed by atoms with van der Waals surface area (Å²) in [6, 6.07) is 0. The van der Waals surface area contributed by atoms with Crippen molar-refractivity contribution in [3.63, 3.8) is 0 Å². The Morgan fingerprint density at radius 3 is 1.90 bits per heavy atom. The predicted molar refractivity (Wildman–Crippen MR) is 59.6 cm³/mol. The van der Waals surface area contributed by atoms with Gasteiger partial charge in [-0.1, -0.05) is 0 Å². The van der Waals surface area contributed by atoms with Gasteiger partial charge >= 0.3 is 18.2 Å². The highest BCUT2D eigenvalue weighted by Crippen LogP contribution is 2.30. The molecule has 0 spiro atoms. The Balaban J connectivity index is 2.28. The second kappa shape index (κ2) is 4.79. The van der Waals surface area contributed by atoms with Crippen LogP contribution in [0.2, 0.25) is 0 Å². The van der Waals surface area contributed by atoms with Gasteiger partial charge in [0, 0.05) is 0 Å². The molecule has 2 unspecified atom stereocenters. The summed E-state index contributed by atoms with van der Waals surface area (Å²) in [4.78, 5) is 0. The van der Waals surface area contributed by atoms with E-state index in [4.69, 9.17) is 15.3 Å². The fourth-order valence-corrected chi connectivity index (χ4v) is 1.36. The highest BCUT2D eigenvalue weighted by atomic mass is 16.8. The first-order chi connectivity index (χ1) is 9.73. The topological polar surface area (TPSA) is 190 Å². The molecular weight excluding hydrogens is 296 g/mol. The van der Waals surface area contributed by atoms with Gasteiger partial charge in [0.15, 0.2) is 0 Å². The summed E-state index contributed by atoms with van der Waals surface area (Å²) in [5, 5.41) is 73.9. The van der Waals surface area contributed by atoms with Gasteiger partial charge in [-0.25, -0.2) is 0 Å². The molecule has 2 atom stereocenters. The zero-order chi connectivity index (χ0) is 15.9. The van der Waals surface area contributed by atoms with Gasteiger partial charge in [0.1, 0.15) is 0 Å². The van der Waals surface area contributed by atoms with Gasteiger partial charge in [-0.3, -0.25) is 0 Å². The molecule has 0 saturated carbocycles. The van der Waals surface area contributed by atoms with Crippen molar-refractivity contribution in [3.05, 3.63) is 46.4 Å². The van der Waals surface area contributed by atoms with E-state index >= 15 is 0 Å². The van der Waals surface area contributed by atoms with Crippen molar-refractivity contribution in [2.75, 3.05) is 0 Å². The van der Waals surface area contributed by atoms with Gasteiger partial charge in [0.25, 0.3) is 6.29 Å². The van der Waals surface area contributed by atoms with Gasteiger partial charge in [0.05, 0.1) is 0 Å². The van der Waals surface area contributed by atoms with Gasteiger partial charge in [-0.2, -0.15) is 0 Å². The van der Waals surface area contributed by atoms with E-state index in [1.54, 1.807) is 0 Å². The molecule has 21 heavy (non-hydrogen) atoms. The Morgan fingerprint density at radius 1 is 0.714 bits per heavy atom. The lowest BCUT2D eigenvalue weighted by molar-refractivity contribution is -0.192. The number of ether oxygens (including phenoxy) is 3. The Morgan fingerprint density at radius 2 is 1.29 bits per heavy atom. The largest absolute Gasteiger partial charge is 0.503 e. The maximum atomic E-state index is 9.45. The van der Waals surface area contributed by atoms with Crippen LogP contribution in [0.15, 0.2) is 46.4 Å². The van der Waals surface area contributed by atoms with Crippen LogP contribution in [0, 0.1) is 0 Å². The lowest BCUT2D eigenvalue weighted by atomic mass is 10.3. The van der Waals surface area contributed by atoms with Crippen LogP contribution in [0.1, 0.15) is 0 Å². The minimum absolute atomic E-state index is 0.990. The molecule has 0 aromatic heterocycles. The summed E-state index contributed by atoms with van der Waals surface area (Å²) < 4.78 is 13.6. The molecule has 0 aromatic rings. The van der Waals surface area contributed by atoms with Crippen molar-refractivity contribution in [2.45, 2.75) is 12.6 Å². The van der Waals surface area contributed by atoms with E-state index in [1.165, 1.54) is 0 Å². The molecule has 2 aliphatic rings. The standard InChI is InChI=1S/C10H10O11/c11-1-3(13)7(17)19-9(5(1)15)21-10-6(16)2(12)4(14)8(18)20-10/h7,10-18H. The lowest BCUT2D eigenvalue weighted by Gasteiger charge is -2.27. The van der Waals surface area contributed by atoms with Crippen LogP contribution >= 0.6 is 0 Å². The molecule has 0 aromatic carbocycles. The molecule has 116 valence electrons. The average Bonchev–Trinajstić information content (AvgIpc) is 2.45. The Hall–Kier alpha value is -3.08. The first-order valence-corrected chi connectivity index (χ1v) is 5.22. The van der Waals surface area contributed by atoms with E-state index in [0.717, 1.165) is 0 Å². The van der Waals surface area contributed by atoms with E-state index < -0.39 is 59.0 Å². The monoisotopic (exact) mass is 306 g/mol. The van der Waals surface area contributed by atoms with Crippen molar-refractivity contribution in [2.24, 2.45) is 0 Å². The van der Waals surface area contributed by atoms with Crippen LogP contribution in [0.5, 0.6) is 0 Å². The van der Waals surface area contributed by atoms with Crippen LogP contribution < -0.4 is 0 Å². The summed E-state index contributed by atoms with van der Waals surface area (Å²) in [5.41, 5.74) is 0. The number of aliphatic hydroxyl groups excluding tert-OH is 8. The fourth-order valence-electron chi connectivity index (χ4n) is 1.36. The molecule has 2 heterocycles. The quantitative estimate of drug-likeness (QED) is 0.352. The molecule has 11 nitrogen and oxygen atoms in total. The first kappa shape index (κ1) is 14.3. The third kappa shape index (κ3) is 2.25. The fraction of sp³-hybridized carbons (Fsp3) is 0.200. The van der Waals surface area contributed by atoms with Crippen molar-refractivity contribution in [1.29, 1.82) is 0 Å².